The van der Waals surface area contributed by atoms with Crippen LogP contribution in [-0.4, -0.2) is 25.0 Å². The monoisotopic (exact) mass is 243 g/mol. The van der Waals surface area contributed by atoms with E-state index in [2.05, 4.69) is 10.1 Å². The lowest BCUT2D eigenvalue weighted by Gasteiger charge is -2.18. The summed E-state index contributed by atoms with van der Waals surface area (Å²) in [6.07, 6.45) is -2.97. The second kappa shape index (κ2) is 6.83. The Labute approximate surface area is 98.8 Å². The number of alkyl halides is 2. The topological polar surface area (TPSA) is 38.3 Å². The van der Waals surface area contributed by atoms with Gasteiger partial charge in [0, 0.05) is 5.69 Å². The number of benzene rings is 1. The van der Waals surface area contributed by atoms with Crippen LogP contribution in [0.2, 0.25) is 0 Å². The molecule has 1 atom stereocenters. The van der Waals surface area contributed by atoms with Crippen molar-refractivity contribution in [2.24, 2.45) is 0 Å². The first kappa shape index (κ1) is 13.4. The zero-order valence-corrected chi connectivity index (χ0v) is 9.53. The Morgan fingerprint density at radius 3 is 2.53 bits per heavy atom. The molecular weight excluding hydrogens is 228 g/mol. The predicted molar refractivity (Wildman–Crippen MR) is 61.1 cm³/mol. The largest absolute Gasteiger partial charge is 0.466 e. The normalized spacial score (nSPS) is 12.2. The molecule has 1 rings (SSSR count). The van der Waals surface area contributed by atoms with E-state index in [0.29, 0.717) is 5.69 Å². The van der Waals surface area contributed by atoms with Crippen molar-refractivity contribution in [3.63, 3.8) is 0 Å². The molecule has 0 fully saturated rings. The summed E-state index contributed by atoms with van der Waals surface area (Å²) in [4.78, 5) is 11.2. The zero-order valence-electron chi connectivity index (χ0n) is 9.53. The molecule has 0 saturated carbocycles. The summed E-state index contributed by atoms with van der Waals surface area (Å²) in [6, 6.07) is 7.36. The van der Waals surface area contributed by atoms with Crippen LogP contribution in [0.1, 0.15) is 13.3 Å². The molecule has 0 heterocycles. The average Bonchev–Trinajstić information content (AvgIpc) is 2.29. The lowest BCUT2D eigenvalue weighted by Crippen LogP contribution is -2.31. The highest BCUT2D eigenvalue weighted by atomic mass is 19.3. The van der Waals surface area contributed by atoms with E-state index in [4.69, 9.17) is 0 Å². The second-order valence-electron chi connectivity index (χ2n) is 3.46. The maximum atomic E-state index is 12.7. The number of para-hydroxylation sites is 1. The van der Waals surface area contributed by atoms with E-state index in [1.165, 1.54) is 0 Å². The molecule has 0 aliphatic rings. The molecule has 0 aliphatic carbocycles. The van der Waals surface area contributed by atoms with Gasteiger partial charge in [0.15, 0.2) is 0 Å². The second-order valence-corrected chi connectivity index (χ2v) is 3.46. The summed E-state index contributed by atoms with van der Waals surface area (Å²) >= 11 is 0. The number of carbonyl (C=O) groups is 1. The molecule has 0 saturated heterocycles. The Kier molecular flexibility index (Phi) is 5.39. The first-order valence-electron chi connectivity index (χ1n) is 5.38. The Hall–Kier alpha value is -1.65. The quantitative estimate of drug-likeness (QED) is 0.781. The van der Waals surface area contributed by atoms with Gasteiger partial charge >= 0.3 is 5.97 Å². The van der Waals surface area contributed by atoms with Gasteiger partial charge in [-0.05, 0) is 19.1 Å². The van der Waals surface area contributed by atoms with Crippen molar-refractivity contribution in [2.45, 2.75) is 25.8 Å². The van der Waals surface area contributed by atoms with Gasteiger partial charge in [-0.25, -0.2) is 8.78 Å². The maximum absolute atomic E-state index is 12.7. The first-order valence-corrected chi connectivity index (χ1v) is 5.38. The average molecular weight is 243 g/mol. The van der Waals surface area contributed by atoms with Crippen LogP contribution in [0.25, 0.3) is 0 Å². The summed E-state index contributed by atoms with van der Waals surface area (Å²) in [5.74, 6) is -0.624. The number of rotatable bonds is 6. The van der Waals surface area contributed by atoms with Crippen molar-refractivity contribution in [2.75, 3.05) is 11.9 Å². The van der Waals surface area contributed by atoms with E-state index < -0.39 is 18.4 Å². The van der Waals surface area contributed by atoms with E-state index in [9.17, 15) is 13.6 Å². The molecule has 0 radical (unpaired) electrons. The summed E-state index contributed by atoms with van der Waals surface area (Å²) in [7, 11) is 0. The molecule has 0 unspecified atom stereocenters. The van der Waals surface area contributed by atoms with Crippen LogP contribution >= 0.6 is 0 Å². The number of hydrogen-bond acceptors (Lipinski definition) is 3. The molecule has 0 bridgehead atoms. The molecule has 17 heavy (non-hydrogen) atoms. The molecule has 0 spiro atoms. The third kappa shape index (κ3) is 4.80. The smallest absolute Gasteiger partial charge is 0.308 e. The molecule has 0 aromatic heterocycles. The Balaban J connectivity index is 2.58. The van der Waals surface area contributed by atoms with Crippen molar-refractivity contribution in [1.29, 1.82) is 0 Å². The fraction of sp³-hybridized carbons (Fsp3) is 0.417. The van der Waals surface area contributed by atoms with Crippen LogP contribution in [-0.2, 0) is 9.53 Å². The molecule has 0 aliphatic heterocycles. The van der Waals surface area contributed by atoms with Crippen molar-refractivity contribution in [3.05, 3.63) is 30.3 Å². The van der Waals surface area contributed by atoms with E-state index >= 15 is 0 Å². The molecule has 1 aromatic carbocycles. The van der Waals surface area contributed by atoms with Crippen LogP contribution in [0.15, 0.2) is 30.3 Å². The highest BCUT2D eigenvalue weighted by Gasteiger charge is 2.23. The summed E-state index contributed by atoms with van der Waals surface area (Å²) in [5.41, 5.74) is 0.557. The molecule has 0 amide bonds. The lowest BCUT2D eigenvalue weighted by molar-refractivity contribution is -0.144. The first-order chi connectivity index (χ1) is 8.13. The molecule has 1 N–H and O–H groups in total. The van der Waals surface area contributed by atoms with E-state index in [0.717, 1.165) is 0 Å². The number of esters is 1. The van der Waals surface area contributed by atoms with Crippen molar-refractivity contribution >= 4 is 11.7 Å². The third-order valence-electron chi connectivity index (χ3n) is 2.12. The minimum atomic E-state index is -2.63. The zero-order chi connectivity index (χ0) is 12.7. The van der Waals surface area contributed by atoms with Gasteiger partial charge in [-0.1, -0.05) is 18.2 Å². The van der Waals surface area contributed by atoms with Gasteiger partial charge in [-0.15, -0.1) is 0 Å². The van der Waals surface area contributed by atoms with Crippen LogP contribution in [0.4, 0.5) is 14.5 Å². The number of anilines is 1. The lowest BCUT2D eigenvalue weighted by atomic mass is 10.2. The van der Waals surface area contributed by atoms with Crippen LogP contribution in [0.5, 0.6) is 0 Å². The van der Waals surface area contributed by atoms with Gasteiger partial charge < -0.3 is 10.1 Å². The van der Waals surface area contributed by atoms with Crippen molar-refractivity contribution in [3.8, 4) is 0 Å². The summed E-state index contributed by atoms with van der Waals surface area (Å²) in [5, 5.41) is 2.62. The Morgan fingerprint density at radius 1 is 1.35 bits per heavy atom. The number of nitrogens with one attached hydrogen (secondary N) is 1. The third-order valence-corrected chi connectivity index (χ3v) is 2.12. The minimum absolute atomic E-state index is 0.195. The van der Waals surface area contributed by atoms with Crippen LogP contribution in [0.3, 0.4) is 0 Å². The molecule has 3 nitrogen and oxygen atoms in total. The number of carbonyl (C=O) groups excluding carboxylic acids is 1. The summed E-state index contributed by atoms with van der Waals surface area (Å²) < 4.78 is 30.1. The predicted octanol–water partition coefficient (Wildman–Crippen LogP) is 2.69. The highest BCUT2D eigenvalue weighted by molar-refractivity contribution is 5.70. The van der Waals surface area contributed by atoms with Gasteiger partial charge in [0.1, 0.15) is 0 Å². The van der Waals surface area contributed by atoms with E-state index in [-0.39, 0.29) is 13.0 Å². The fourth-order valence-corrected chi connectivity index (χ4v) is 1.35. The van der Waals surface area contributed by atoms with Gasteiger partial charge in [-0.3, -0.25) is 4.79 Å². The van der Waals surface area contributed by atoms with Crippen molar-refractivity contribution in [1.82, 2.24) is 0 Å². The molecule has 5 heteroatoms. The van der Waals surface area contributed by atoms with Crippen molar-refractivity contribution < 1.29 is 18.3 Å². The van der Waals surface area contributed by atoms with Gasteiger partial charge in [0.25, 0.3) is 6.43 Å². The van der Waals surface area contributed by atoms with E-state index in [1.54, 1.807) is 37.3 Å². The molecule has 1 aromatic rings. The van der Waals surface area contributed by atoms with Gasteiger partial charge in [0.05, 0.1) is 19.1 Å². The Morgan fingerprint density at radius 2 is 2.00 bits per heavy atom. The SMILES string of the molecule is CCOC(=O)C[C@@H](Nc1ccccc1)C(F)F. The fourth-order valence-electron chi connectivity index (χ4n) is 1.35. The minimum Gasteiger partial charge on any atom is -0.466 e. The van der Waals surface area contributed by atoms with Gasteiger partial charge in [0.2, 0.25) is 0 Å². The number of halogens is 2. The van der Waals surface area contributed by atoms with Crippen LogP contribution < -0.4 is 5.32 Å². The maximum Gasteiger partial charge on any atom is 0.308 e. The van der Waals surface area contributed by atoms with E-state index in [1.807, 2.05) is 0 Å². The standard InChI is InChI=1S/C12H15F2NO2/c1-2-17-11(16)8-10(12(13)14)15-9-6-4-3-5-7-9/h3-7,10,12,15H,2,8H2,1H3/t10-/m1/s1. The van der Waals surface area contributed by atoms with Gasteiger partial charge in [-0.2, -0.15) is 0 Å². The molecule has 94 valence electrons. The summed E-state index contributed by atoms with van der Waals surface area (Å²) in [6.45, 7) is 1.83. The number of hydrogen-bond donors (Lipinski definition) is 1. The Bertz CT molecular complexity index is 344. The number of ether oxygens (including phenoxy) is 1. The molecular formula is C12H15F2NO2. The van der Waals surface area contributed by atoms with Crippen LogP contribution in [0, 0.1) is 0 Å². The highest BCUT2D eigenvalue weighted by Crippen LogP contribution is 2.14.